The summed E-state index contributed by atoms with van der Waals surface area (Å²) in [4.78, 5) is 11.1. The van der Waals surface area contributed by atoms with Crippen molar-refractivity contribution in [3.8, 4) is 0 Å². The molecule has 0 aromatic rings. The van der Waals surface area contributed by atoms with Crippen LogP contribution >= 0.6 is 0 Å². The van der Waals surface area contributed by atoms with Crippen molar-refractivity contribution in [1.82, 2.24) is 0 Å². The maximum atomic E-state index is 11.7. The molecule has 0 bridgehead atoms. The highest BCUT2D eigenvalue weighted by Gasteiger charge is 2.64. The van der Waals surface area contributed by atoms with Gasteiger partial charge in [-0.15, -0.1) is 0 Å². The summed E-state index contributed by atoms with van der Waals surface area (Å²) < 4.78 is 0. The molecule has 0 radical (unpaired) electrons. The summed E-state index contributed by atoms with van der Waals surface area (Å²) in [5, 5.41) is 20.9. The Labute approximate surface area is 178 Å². The fourth-order valence-corrected chi connectivity index (χ4v) is 9.57. The van der Waals surface area contributed by atoms with Crippen molar-refractivity contribution in [1.29, 1.82) is 0 Å². The third-order valence-corrected chi connectivity index (χ3v) is 10.9. The number of aliphatic hydroxyl groups excluding tert-OH is 1. The highest BCUT2D eigenvalue weighted by atomic mass is 16.4. The molecule has 4 unspecified atom stereocenters. The van der Waals surface area contributed by atoms with Gasteiger partial charge in [-0.1, -0.05) is 47.0 Å². The van der Waals surface area contributed by atoms with E-state index < -0.39 is 5.97 Å². The average molecular weight is 405 g/mol. The van der Waals surface area contributed by atoms with E-state index >= 15 is 0 Å². The number of hydrogen-bond acceptors (Lipinski definition) is 2. The van der Waals surface area contributed by atoms with E-state index in [1.165, 1.54) is 51.4 Å². The molecule has 4 rings (SSSR count). The van der Waals surface area contributed by atoms with Gasteiger partial charge in [0.25, 0.3) is 0 Å². The normalized spacial score (nSPS) is 50.3. The standard InChI is InChI=1S/C26H44O3/c1-5-17-19-8-6-7-14-25(19,3)21-13-15-26(4)18(16(2)9-12-22(27)28)10-11-20(26)23(21)24(17)29/h16-21,23-24,29H,5-15H2,1-4H3,(H,27,28)/t16-,17-,18-,19+,20?,21?,23?,24-,25+,26?/m1/s1. The van der Waals surface area contributed by atoms with E-state index in [4.69, 9.17) is 5.11 Å². The van der Waals surface area contributed by atoms with Gasteiger partial charge in [0.2, 0.25) is 0 Å². The average Bonchev–Trinajstić information content (AvgIpc) is 3.04. The smallest absolute Gasteiger partial charge is 0.303 e. The summed E-state index contributed by atoms with van der Waals surface area (Å²) in [5.74, 6) is 3.41. The van der Waals surface area contributed by atoms with Crippen molar-refractivity contribution in [3.63, 3.8) is 0 Å². The van der Waals surface area contributed by atoms with Crippen LogP contribution in [0.3, 0.4) is 0 Å². The van der Waals surface area contributed by atoms with Crippen LogP contribution < -0.4 is 0 Å². The monoisotopic (exact) mass is 404 g/mol. The Morgan fingerprint density at radius 3 is 2.41 bits per heavy atom. The summed E-state index contributed by atoms with van der Waals surface area (Å²) >= 11 is 0. The molecule has 0 aromatic carbocycles. The minimum atomic E-state index is -0.662. The zero-order valence-electron chi connectivity index (χ0n) is 19.2. The third kappa shape index (κ3) is 3.29. The van der Waals surface area contributed by atoms with Crippen LogP contribution in [0, 0.1) is 52.3 Å². The molecule has 0 aliphatic heterocycles. The van der Waals surface area contributed by atoms with Gasteiger partial charge in [-0.2, -0.15) is 0 Å². The van der Waals surface area contributed by atoms with Crippen LogP contribution in [0.4, 0.5) is 0 Å². The van der Waals surface area contributed by atoms with Crippen LogP contribution in [-0.4, -0.2) is 22.3 Å². The SMILES string of the molecule is CC[C@H]1[C@@H](O)C2C3CC[C@H]([C@H](C)CCC(=O)O)C3(C)CCC2[C@@]2(C)CCCC[C@@H]12. The first-order valence-corrected chi connectivity index (χ1v) is 12.6. The molecule has 4 saturated carbocycles. The lowest BCUT2D eigenvalue weighted by atomic mass is 9.41. The van der Waals surface area contributed by atoms with Crippen LogP contribution in [0.1, 0.15) is 98.3 Å². The van der Waals surface area contributed by atoms with Crippen LogP contribution in [-0.2, 0) is 4.79 Å². The van der Waals surface area contributed by atoms with E-state index in [1.807, 2.05) is 0 Å². The zero-order valence-corrected chi connectivity index (χ0v) is 19.2. The molecule has 0 spiro atoms. The summed E-state index contributed by atoms with van der Waals surface area (Å²) in [6.45, 7) is 9.69. The van der Waals surface area contributed by atoms with Gasteiger partial charge in [-0.25, -0.2) is 0 Å². The number of aliphatic hydroxyl groups is 1. The Hall–Kier alpha value is -0.570. The second-order valence-electron chi connectivity index (χ2n) is 11.8. The fourth-order valence-electron chi connectivity index (χ4n) is 9.57. The Bertz CT molecular complexity index is 617. The fraction of sp³-hybridized carbons (Fsp3) is 0.962. The van der Waals surface area contributed by atoms with Crippen LogP contribution in [0.5, 0.6) is 0 Å². The van der Waals surface area contributed by atoms with Crippen molar-refractivity contribution in [2.24, 2.45) is 52.3 Å². The Morgan fingerprint density at radius 2 is 1.72 bits per heavy atom. The predicted octanol–water partition coefficient (Wildman–Crippen LogP) is 6.14. The molecule has 4 aliphatic carbocycles. The van der Waals surface area contributed by atoms with Gasteiger partial charge < -0.3 is 10.2 Å². The molecule has 29 heavy (non-hydrogen) atoms. The highest BCUT2D eigenvalue weighted by molar-refractivity contribution is 5.66. The number of carboxylic acids is 1. The molecule has 0 aromatic heterocycles. The first-order valence-electron chi connectivity index (χ1n) is 12.6. The van der Waals surface area contributed by atoms with E-state index in [2.05, 4.69) is 27.7 Å². The van der Waals surface area contributed by atoms with Gasteiger partial charge in [0, 0.05) is 6.42 Å². The molecule has 3 nitrogen and oxygen atoms in total. The first-order chi connectivity index (χ1) is 13.7. The third-order valence-electron chi connectivity index (χ3n) is 10.9. The van der Waals surface area contributed by atoms with Crippen molar-refractivity contribution in [3.05, 3.63) is 0 Å². The predicted molar refractivity (Wildman–Crippen MR) is 116 cm³/mol. The zero-order chi connectivity index (χ0) is 21.0. The number of aliphatic carboxylic acids is 1. The van der Waals surface area contributed by atoms with Gasteiger partial charge in [0.1, 0.15) is 0 Å². The molecular formula is C26H44O3. The summed E-state index contributed by atoms with van der Waals surface area (Å²) in [6.07, 6.45) is 12.5. The van der Waals surface area contributed by atoms with Crippen molar-refractivity contribution < 1.29 is 15.0 Å². The van der Waals surface area contributed by atoms with Gasteiger partial charge >= 0.3 is 5.97 Å². The molecule has 166 valence electrons. The largest absolute Gasteiger partial charge is 0.481 e. The van der Waals surface area contributed by atoms with E-state index in [9.17, 15) is 9.90 Å². The molecule has 4 aliphatic rings. The summed E-state index contributed by atoms with van der Waals surface area (Å²) in [6, 6.07) is 0. The van der Waals surface area contributed by atoms with Gasteiger partial charge in [-0.3, -0.25) is 4.79 Å². The van der Waals surface area contributed by atoms with Crippen LogP contribution in [0.15, 0.2) is 0 Å². The van der Waals surface area contributed by atoms with Crippen LogP contribution in [0.2, 0.25) is 0 Å². The molecule has 0 saturated heterocycles. The molecule has 10 atom stereocenters. The molecule has 0 amide bonds. The molecule has 4 fully saturated rings. The molecule has 0 heterocycles. The highest BCUT2D eigenvalue weighted by Crippen LogP contribution is 2.69. The van der Waals surface area contributed by atoms with Crippen molar-refractivity contribution in [2.75, 3.05) is 0 Å². The minimum Gasteiger partial charge on any atom is -0.481 e. The van der Waals surface area contributed by atoms with Crippen LogP contribution in [0.25, 0.3) is 0 Å². The lowest BCUT2D eigenvalue weighted by Gasteiger charge is -2.64. The van der Waals surface area contributed by atoms with E-state index in [0.717, 1.165) is 12.8 Å². The topological polar surface area (TPSA) is 57.5 Å². The van der Waals surface area contributed by atoms with E-state index in [-0.39, 0.29) is 11.5 Å². The Morgan fingerprint density at radius 1 is 1.00 bits per heavy atom. The molecular weight excluding hydrogens is 360 g/mol. The first kappa shape index (κ1) is 21.7. The van der Waals surface area contributed by atoms with Gasteiger partial charge in [-0.05, 0) is 97.2 Å². The summed E-state index contributed by atoms with van der Waals surface area (Å²) in [5.41, 5.74) is 0.716. The number of fused-ring (bicyclic) bond motifs is 5. The second kappa shape index (κ2) is 7.84. The lowest BCUT2D eigenvalue weighted by molar-refractivity contribution is -0.194. The number of hydrogen-bond donors (Lipinski definition) is 2. The van der Waals surface area contributed by atoms with Crippen molar-refractivity contribution >= 4 is 5.97 Å². The van der Waals surface area contributed by atoms with Crippen molar-refractivity contribution in [2.45, 2.75) is 104 Å². The Kier molecular flexibility index (Phi) is 5.86. The minimum absolute atomic E-state index is 0.126. The number of rotatable bonds is 5. The maximum absolute atomic E-state index is 11.7. The molecule has 3 heteroatoms. The van der Waals surface area contributed by atoms with E-state index in [1.54, 1.807) is 0 Å². The number of carbonyl (C=O) groups is 1. The second-order valence-corrected chi connectivity index (χ2v) is 11.8. The van der Waals surface area contributed by atoms with E-state index in [0.29, 0.717) is 53.3 Å². The van der Waals surface area contributed by atoms with Gasteiger partial charge in [0.05, 0.1) is 6.10 Å². The molecule has 2 N–H and O–H groups in total. The summed E-state index contributed by atoms with van der Waals surface area (Å²) in [7, 11) is 0. The lowest BCUT2D eigenvalue weighted by Crippen LogP contribution is -2.61. The quantitative estimate of drug-likeness (QED) is 0.578. The van der Waals surface area contributed by atoms with Gasteiger partial charge in [0.15, 0.2) is 0 Å². The maximum Gasteiger partial charge on any atom is 0.303 e. The number of carboxylic acid groups (broad SMARTS) is 1. The Balaban J connectivity index is 1.61.